The Labute approximate surface area is 184 Å². The predicted octanol–water partition coefficient (Wildman–Crippen LogP) is 4.68. The van der Waals surface area contributed by atoms with Crippen molar-refractivity contribution in [2.24, 2.45) is 0 Å². The zero-order valence-electron chi connectivity index (χ0n) is 18.3. The van der Waals surface area contributed by atoms with Gasteiger partial charge < -0.3 is 5.32 Å². The van der Waals surface area contributed by atoms with Gasteiger partial charge in [0.2, 0.25) is 5.91 Å². The van der Waals surface area contributed by atoms with Gasteiger partial charge in [-0.05, 0) is 74.2 Å². The van der Waals surface area contributed by atoms with Gasteiger partial charge in [-0.2, -0.15) is 0 Å². The highest BCUT2D eigenvalue weighted by molar-refractivity contribution is 7.92. The molecule has 0 heterocycles. The average Bonchev–Trinajstić information content (AvgIpc) is 2.75. The molecule has 1 N–H and O–H groups in total. The van der Waals surface area contributed by atoms with E-state index in [4.69, 9.17) is 0 Å². The average molecular weight is 437 g/mol. The lowest BCUT2D eigenvalue weighted by atomic mass is 9.96. The van der Waals surface area contributed by atoms with Gasteiger partial charge in [-0.1, -0.05) is 48.5 Å². The van der Waals surface area contributed by atoms with Crippen molar-refractivity contribution < 1.29 is 13.2 Å². The first-order chi connectivity index (χ1) is 14.7. The van der Waals surface area contributed by atoms with E-state index in [0.717, 1.165) is 21.0 Å². The molecule has 5 nitrogen and oxygen atoms in total. The Morgan fingerprint density at radius 3 is 2.03 bits per heavy atom. The van der Waals surface area contributed by atoms with E-state index in [0.29, 0.717) is 5.69 Å². The van der Waals surface area contributed by atoms with E-state index in [9.17, 15) is 13.2 Å². The molecule has 0 saturated carbocycles. The van der Waals surface area contributed by atoms with Crippen molar-refractivity contribution in [3.63, 3.8) is 0 Å². The number of rotatable bonds is 7. The molecule has 1 amide bonds. The zero-order valence-corrected chi connectivity index (χ0v) is 19.1. The number of benzene rings is 3. The largest absolute Gasteiger partial charge is 0.348 e. The lowest BCUT2D eigenvalue weighted by Crippen LogP contribution is -2.41. The summed E-state index contributed by atoms with van der Waals surface area (Å²) in [5.41, 5.74) is 4.90. The maximum absolute atomic E-state index is 13.3. The van der Waals surface area contributed by atoms with Crippen molar-refractivity contribution in [1.82, 2.24) is 5.32 Å². The van der Waals surface area contributed by atoms with Crippen molar-refractivity contribution in [1.29, 1.82) is 0 Å². The molecule has 0 aliphatic heterocycles. The maximum atomic E-state index is 13.3. The molecule has 0 aromatic heterocycles. The molecule has 3 aromatic rings. The number of anilines is 1. The Hall–Kier alpha value is -3.12. The maximum Gasteiger partial charge on any atom is 0.264 e. The van der Waals surface area contributed by atoms with E-state index >= 15 is 0 Å². The van der Waals surface area contributed by atoms with Crippen molar-refractivity contribution in [2.45, 2.75) is 38.6 Å². The molecular formula is C25H28N2O3S. The minimum Gasteiger partial charge on any atom is -0.348 e. The summed E-state index contributed by atoms with van der Waals surface area (Å²) in [4.78, 5) is 13.1. The van der Waals surface area contributed by atoms with Crippen LogP contribution < -0.4 is 9.62 Å². The molecule has 162 valence electrons. The van der Waals surface area contributed by atoms with Gasteiger partial charge in [-0.15, -0.1) is 0 Å². The summed E-state index contributed by atoms with van der Waals surface area (Å²) < 4.78 is 27.8. The number of carbonyl (C=O) groups is 1. The Morgan fingerprint density at radius 1 is 0.871 bits per heavy atom. The number of sulfonamides is 1. The summed E-state index contributed by atoms with van der Waals surface area (Å²) in [6.07, 6.45) is 0. The Kier molecular flexibility index (Phi) is 6.81. The number of para-hydroxylation sites is 1. The third-order valence-electron chi connectivity index (χ3n) is 5.39. The van der Waals surface area contributed by atoms with E-state index in [2.05, 4.69) is 24.4 Å². The van der Waals surface area contributed by atoms with Gasteiger partial charge in [0.1, 0.15) is 6.54 Å². The van der Waals surface area contributed by atoms with Crippen LogP contribution in [0.5, 0.6) is 0 Å². The van der Waals surface area contributed by atoms with Crippen molar-refractivity contribution in [2.75, 3.05) is 10.8 Å². The molecule has 6 heteroatoms. The van der Waals surface area contributed by atoms with Crippen LogP contribution in [0.3, 0.4) is 0 Å². The highest BCUT2D eigenvalue weighted by Gasteiger charge is 2.27. The fourth-order valence-electron chi connectivity index (χ4n) is 3.57. The lowest BCUT2D eigenvalue weighted by Gasteiger charge is -2.25. The number of amides is 1. The predicted molar refractivity (Wildman–Crippen MR) is 125 cm³/mol. The minimum atomic E-state index is -3.90. The van der Waals surface area contributed by atoms with Gasteiger partial charge in [0.15, 0.2) is 0 Å². The van der Waals surface area contributed by atoms with E-state index in [1.807, 2.05) is 26.8 Å². The number of aryl methyl sites for hydroxylation is 3. The van der Waals surface area contributed by atoms with Crippen LogP contribution in [0, 0.1) is 20.8 Å². The molecule has 0 saturated heterocycles. The van der Waals surface area contributed by atoms with E-state index in [1.165, 1.54) is 17.7 Å². The minimum absolute atomic E-state index is 0.143. The quantitative estimate of drug-likeness (QED) is 0.585. The number of nitrogens with zero attached hydrogens (tertiary/aromatic N) is 1. The molecule has 0 fully saturated rings. The fraction of sp³-hybridized carbons (Fsp3) is 0.240. The van der Waals surface area contributed by atoms with Crippen LogP contribution in [-0.2, 0) is 14.8 Å². The molecule has 3 rings (SSSR count). The smallest absolute Gasteiger partial charge is 0.264 e. The lowest BCUT2D eigenvalue weighted by molar-refractivity contribution is -0.120. The third-order valence-corrected chi connectivity index (χ3v) is 7.18. The molecule has 0 radical (unpaired) electrons. The summed E-state index contributed by atoms with van der Waals surface area (Å²) in [6.45, 7) is 7.71. The molecule has 0 aliphatic rings. The molecule has 0 aliphatic carbocycles. The summed E-state index contributed by atoms with van der Waals surface area (Å²) >= 11 is 0. The summed E-state index contributed by atoms with van der Waals surface area (Å²) in [5, 5.41) is 2.96. The molecule has 3 aromatic carbocycles. The molecule has 31 heavy (non-hydrogen) atoms. The number of hydrogen-bond donors (Lipinski definition) is 1. The number of nitrogens with one attached hydrogen (secondary N) is 1. The van der Waals surface area contributed by atoms with Gasteiger partial charge in [-0.25, -0.2) is 8.42 Å². The molecular weight excluding hydrogens is 408 g/mol. The fourth-order valence-corrected chi connectivity index (χ4v) is 5.02. The second-order valence-electron chi connectivity index (χ2n) is 7.74. The summed E-state index contributed by atoms with van der Waals surface area (Å²) in [7, 11) is -3.90. The van der Waals surface area contributed by atoms with Crippen molar-refractivity contribution >= 4 is 21.6 Å². The van der Waals surface area contributed by atoms with Crippen LogP contribution >= 0.6 is 0 Å². The van der Waals surface area contributed by atoms with Crippen LogP contribution in [0.1, 0.15) is 35.2 Å². The van der Waals surface area contributed by atoms with Crippen LogP contribution in [-0.4, -0.2) is 20.9 Å². The Balaban J connectivity index is 1.87. The zero-order chi connectivity index (χ0) is 22.6. The van der Waals surface area contributed by atoms with Crippen LogP contribution in [0.15, 0.2) is 77.7 Å². The third kappa shape index (κ3) is 5.14. The van der Waals surface area contributed by atoms with Crippen LogP contribution in [0.4, 0.5) is 5.69 Å². The molecule has 0 bridgehead atoms. The van der Waals surface area contributed by atoms with Crippen molar-refractivity contribution in [3.05, 3.63) is 95.1 Å². The standard InChI is InChI=1S/C25H28N2O3S/c1-18-15-20(3)24(16-19(18)2)21(4)26-25(28)17-27(22-11-7-5-8-12-22)31(29,30)23-13-9-6-10-14-23/h5-16,21H,17H2,1-4H3,(H,26,28). The van der Waals surface area contributed by atoms with E-state index in [1.54, 1.807) is 42.5 Å². The van der Waals surface area contributed by atoms with E-state index in [-0.39, 0.29) is 23.4 Å². The van der Waals surface area contributed by atoms with Gasteiger partial charge in [0.05, 0.1) is 16.6 Å². The van der Waals surface area contributed by atoms with Gasteiger partial charge in [-0.3, -0.25) is 9.10 Å². The molecule has 1 unspecified atom stereocenters. The van der Waals surface area contributed by atoms with Gasteiger partial charge >= 0.3 is 0 Å². The molecule has 0 spiro atoms. The van der Waals surface area contributed by atoms with Gasteiger partial charge in [0, 0.05) is 0 Å². The Morgan fingerprint density at radius 2 is 1.42 bits per heavy atom. The number of hydrogen-bond acceptors (Lipinski definition) is 3. The first-order valence-corrected chi connectivity index (χ1v) is 11.6. The second kappa shape index (κ2) is 9.35. The van der Waals surface area contributed by atoms with E-state index < -0.39 is 10.0 Å². The SMILES string of the molecule is Cc1cc(C)c(C(C)NC(=O)CN(c2ccccc2)S(=O)(=O)c2ccccc2)cc1C. The van der Waals surface area contributed by atoms with Crippen LogP contribution in [0.25, 0.3) is 0 Å². The monoisotopic (exact) mass is 436 g/mol. The van der Waals surface area contributed by atoms with Crippen molar-refractivity contribution in [3.8, 4) is 0 Å². The number of carbonyl (C=O) groups excluding carboxylic acids is 1. The highest BCUT2D eigenvalue weighted by atomic mass is 32.2. The molecule has 1 atom stereocenters. The van der Waals surface area contributed by atoms with Crippen LogP contribution in [0.2, 0.25) is 0 Å². The normalized spacial score (nSPS) is 12.3. The topological polar surface area (TPSA) is 66.5 Å². The second-order valence-corrected chi connectivity index (χ2v) is 9.60. The first kappa shape index (κ1) is 22.6. The highest BCUT2D eigenvalue weighted by Crippen LogP contribution is 2.24. The summed E-state index contributed by atoms with van der Waals surface area (Å²) in [6, 6.07) is 20.8. The first-order valence-electron chi connectivity index (χ1n) is 10.2. The van der Waals surface area contributed by atoms with Gasteiger partial charge in [0.25, 0.3) is 10.0 Å². The summed E-state index contributed by atoms with van der Waals surface area (Å²) in [5.74, 6) is -0.367. The Bertz CT molecular complexity index is 1160.